The fraction of sp³-hybridized carbons (Fsp3) is 0.706. The Morgan fingerprint density at radius 1 is 1.22 bits per heavy atom. The van der Waals surface area contributed by atoms with E-state index in [9.17, 15) is 0 Å². The van der Waals surface area contributed by atoms with Crippen molar-refractivity contribution >= 4 is 16.7 Å². The van der Waals surface area contributed by atoms with Gasteiger partial charge in [0.1, 0.15) is 5.82 Å². The summed E-state index contributed by atoms with van der Waals surface area (Å²) < 4.78 is 6.70. The minimum absolute atomic E-state index is 0.0303. The summed E-state index contributed by atoms with van der Waals surface area (Å²) in [5.41, 5.74) is 2.41. The summed E-state index contributed by atoms with van der Waals surface area (Å²) in [4.78, 5) is 7.14. The van der Waals surface area contributed by atoms with E-state index in [1.807, 2.05) is 0 Å². The number of piperidine rings is 1. The lowest BCUT2D eigenvalue weighted by Gasteiger charge is -2.31. The highest BCUT2D eigenvalue weighted by atomic mass is 32.1. The molecule has 0 aliphatic carbocycles. The summed E-state index contributed by atoms with van der Waals surface area (Å²) in [7, 11) is 0. The van der Waals surface area contributed by atoms with Gasteiger partial charge < -0.3 is 4.90 Å². The van der Waals surface area contributed by atoms with E-state index in [0.29, 0.717) is 5.92 Å². The quantitative estimate of drug-likeness (QED) is 0.861. The average molecular weight is 334 g/mol. The minimum atomic E-state index is 0.0303. The first kappa shape index (κ1) is 16.4. The summed E-state index contributed by atoms with van der Waals surface area (Å²) in [6, 6.07) is 2.16. The Morgan fingerprint density at radius 3 is 2.43 bits per heavy atom. The molecule has 1 aliphatic rings. The minimum Gasteiger partial charge on any atom is -0.347 e. The van der Waals surface area contributed by atoms with Crippen LogP contribution in [0, 0.1) is 19.8 Å². The fourth-order valence-electron chi connectivity index (χ4n) is 3.06. The maximum atomic E-state index is 4.75. The van der Waals surface area contributed by atoms with Crippen molar-refractivity contribution in [1.82, 2.24) is 19.1 Å². The van der Waals surface area contributed by atoms with Gasteiger partial charge in [0, 0.05) is 42.3 Å². The maximum absolute atomic E-state index is 4.75. The molecule has 0 aromatic carbocycles. The van der Waals surface area contributed by atoms with Crippen molar-refractivity contribution in [2.24, 2.45) is 5.92 Å². The van der Waals surface area contributed by atoms with Gasteiger partial charge in [0.2, 0.25) is 5.13 Å². The van der Waals surface area contributed by atoms with Gasteiger partial charge in [-0.25, -0.2) is 4.98 Å². The number of hydrogen-bond donors (Lipinski definition) is 0. The number of anilines is 1. The number of nitrogens with zero attached hydrogens (tertiary/aromatic N) is 5. The molecule has 1 aliphatic heterocycles. The van der Waals surface area contributed by atoms with Gasteiger partial charge in [-0.3, -0.25) is 4.68 Å². The molecule has 2 aromatic rings. The molecule has 0 unspecified atom stereocenters. The molecule has 1 fully saturated rings. The summed E-state index contributed by atoms with van der Waals surface area (Å²) >= 11 is 1.54. The second-order valence-electron chi connectivity index (χ2n) is 7.69. The van der Waals surface area contributed by atoms with E-state index < -0.39 is 0 Å². The van der Waals surface area contributed by atoms with E-state index in [-0.39, 0.29) is 5.41 Å². The van der Waals surface area contributed by atoms with Gasteiger partial charge in [0.05, 0.1) is 5.69 Å². The molecule has 3 rings (SSSR count). The Labute approximate surface area is 142 Å². The second-order valence-corrected chi connectivity index (χ2v) is 8.42. The standard InChI is InChI=1S/C17H27N5S/c1-12-10-13(2)22(19-12)11-14-6-8-21(9-7-14)16-18-15(20-23-16)17(3,4)5/h10,14H,6-9,11H2,1-5H3. The van der Waals surface area contributed by atoms with E-state index in [0.717, 1.165) is 36.3 Å². The van der Waals surface area contributed by atoms with Crippen molar-refractivity contribution in [2.75, 3.05) is 18.0 Å². The van der Waals surface area contributed by atoms with E-state index in [1.54, 1.807) is 11.5 Å². The number of rotatable bonds is 3. The Kier molecular flexibility index (Phi) is 4.45. The van der Waals surface area contributed by atoms with E-state index in [4.69, 9.17) is 4.98 Å². The molecule has 0 N–H and O–H groups in total. The zero-order valence-electron chi connectivity index (χ0n) is 14.8. The van der Waals surface area contributed by atoms with Gasteiger partial charge in [0.15, 0.2) is 0 Å². The number of aromatic nitrogens is 4. The highest BCUT2D eigenvalue weighted by Gasteiger charge is 2.25. The van der Waals surface area contributed by atoms with Crippen molar-refractivity contribution < 1.29 is 0 Å². The third-order valence-electron chi connectivity index (χ3n) is 4.51. The first-order valence-electron chi connectivity index (χ1n) is 8.43. The van der Waals surface area contributed by atoms with Crippen LogP contribution in [0.2, 0.25) is 0 Å². The summed E-state index contributed by atoms with van der Waals surface area (Å²) in [6.45, 7) is 13.9. The lowest BCUT2D eigenvalue weighted by atomic mass is 9.96. The molecule has 0 spiro atoms. The predicted molar refractivity (Wildman–Crippen MR) is 95.2 cm³/mol. The first-order valence-corrected chi connectivity index (χ1v) is 9.20. The first-order chi connectivity index (χ1) is 10.8. The largest absolute Gasteiger partial charge is 0.347 e. The van der Waals surface area contributed by atoms with Crippen molar-refractivity contribution in [3.05, 3.63) is 23.3 Å². The molecular weight excluding hydrogens is 306 g/mol. The molecule has 1 saturated heterocycles. The predicted octanol–water partition coefficient (Wildman–Crippen LogP) is 3.57. The van der Waals surface area contributed by atoms with Crippen LogP contribution >= 0.6 is 11.5 Å². The van der Waals surface area contributed by atoms with Gasteiger partial charge in [-0.05, 0) is 38.7 Å². The molecule has 0 amide bonds. The van der Waals surface area contributed by atoms with Crippen LogP contribution in [0.25, 0.3) is 0 Å². The molecule has 3 heterocycles. The van der Waals surface area contributed by atoms with Crippen LogP contribution in [0.3, 0.4) is 0 Å². The van der Waals surface area contributed by atoms with E-state index in [1.165, 1.54) is 18.5 Å². The van der Waals surface area contributed by atoms with E-state index >= 15 is 0 Å². The fourth-order valence-corrected chi connectivity index (χ4v) is 3.97. The zero-order chi connectivity index (χ0) is 16.6. The molecule has 126 valence electrons. The van der Waals surface area contributed by atoms with Crippen molar-refractivity contribution in [1.29, 1.82) is 0 Å². The Bertz CT molecular complexity index is 659. The molecular formula is C17H27N5S. The Balaban J connectivity index is 1.58. The number of hydrogen-bond acceptors (Lipinski definition) is 5. The lowest BCUT2D eigenvalue weighted by Crippen LogP contribution is -2.35. The van der Waals surface area contributed by atoms with Gasteiger partial charge in [-0.1, -0.05) is 20.8 Å². The van der Waals surface area contributed by atoms with Crippen LogP contribution < -0.4 is 4.90 Å². The van der Waals surface area contributed by atoms with Gasteiger partial charge >= 0.3 is 0 Å². The molecule has 0 saturated carbocycles. The van der Waals surface area contributed by atoms with Gasteiger partial charge in [-0.15, -0.1) is 0 Å². The highest BCUT2D eigenvalue weighted by Crippen LogP contribution is 2.29. The third-order valence-corrected chi connectivity index (χ3v) is 5.28. The van der Waals surface area contributed by atoms with Crippen LogP contribution in [-0.4, -0.2) is 32.2 Å². The average Bonchev–Trinajstić information content (AvgIpc) is 3.07. The monoisotopic (exact) mass is 333 g/mol. The second kappa shape index (κ2) is 6.23. The van der Waals surface area contributed by atoms with Crippen LogP contribution in [0.15, 0.2) is 6.07 Å². The van der Waals surface area contributed by atoms with Crippen molar-refractivity contribution in [3.8, 4) is 0 Å². The van der Waals surface area contributed by atoms with Gasteiger partial charge in [-0.2, -0.15) is 9.47 Å². The molecule has 2 aromatic heterocycles. The van der Waals surface area contributed by atoms with E-state index in [2.05, 4.69) is 59.7 Å². The molecule has 0 atom stereocenters. The number of aryl methyl sites for hydroxylation is 2. The maximum Gasteiger partial charge on any atom is 0.205 e. The lowest BCUT2D eigenvalue weighted by molar-refractivity contribution is 0.338. The molecule has 23 heavy (non-hydrogen) atoms. The Hall–Kier alpha value is -1.43. The Morgan fingerprint density at radius 2 is 1.91 bits per heavy atom. The normalized spacial score (nSPS) is 17.0. The molecule has 0 bridgehead atoms. The van der Waals surface area contributed by atoms with Crippen molar-refractivity contribution in [2.45, 2.75) is 59.4 Å². The summed E-state index contributed by atoms with van der Waals surface area (Å²) in [5.74, 6) is 1.67. The summed E-state index contributed by atoms with van der Waals surface area (Å²) in [6.07, 6.45) is 2.39. The van der Waals surface area contributed by atoms with Crippen LogP contribution in [0.1, 0.15) is 50.8 Å². The summed E-state index contributed by atoms with van der Waals surface area (Å²) in [5, 5.41) is 5.68. The van der Waals surface area contributed by atoms with Crippen LogP contribution in [-0.2, 0) is 12.0 Å². The zero-order valence-corrected chi connectivity index (χ0v) is 15.7. The molecule has 6 heteroatoms. The van der Waals surface area contributed by atoms with Crippen LogP contribution in [0.5, 0.6) is 0 Å². The topological polar surface area (TPSA) is 46.8 Å². The van der Waals surface area contributed by atoms with Crippen LogP contribution in [0.4, 0.5) is 5.13 Å². The molecule has 0 radical (unpaired) electrons. The third kappa shape index (κ3) is 3.74. The molecule has 5 nitrogen and oxygen atoms in total. The van der Waals surface area contributed by atoms with Crippen molar-refractivity contribution in [3.63, 3.8) is 0 Å². The smallest absolute Gasteiger partial charge is 0.205 e. The SMILES string of the molecule is Cc1cc(C)n(CC2CCN(c3nc(C(C)(C)C)ns3)CC2)n1. The highest BCUT2D eigenvalue weighted by molar-refractivity contribution is 7.09. The van der Waals surface area contributed by atoms with Gasteiger partial charge in [0.25, 0.3) is 0 Å².